The molecule has 4 N–H and O–H groups in total. The summed E-state index contributed by atoms with van der Waals surface area (Å²) >= 11 is 0. The molecule has 6 nitrogen and oxygen atoms in total. The molecule has 4 aromatic carbocycles. The SMILES string of the molecule is Cc1ccc(OCCCOc2ccc(C)cc2NCCNc2c(CCC(C)C)cccc2CC(C)C)c(NCCNc2c(CCC(C)C)cccc2CC(C)C)c1. The summed E-state index contributed by atoms with van der Waals surface area (Å²) in [5.41, 5.74) is 12.8. The van der Waals surface area contributed by atoms with Crippen LogP contribution in [0.4, 0.5) is 22.7 Å². The van der Waals surface area contributed by atoms with Crippen molar-refractivity contribution >= 4 is 22.7 Å². The van der Waals surface area contributed by atoms with E-state index in [1.165, 1.54) is 57.6 Å². The largest absolute Gasteiger partial charge is 0.491 e. The summed E-state index contributed by atoms with van der Waals surface area (Å²) in [7, 11) is 0. The van der Waals surface area contributed by atoms with Gasteiger partial charge in [0.1, 0.15) is 11.5 Å². The highest BCUT2D eigenvalue weighted by Gasteiger charge is 2.13. The van der Waals surface area contributed by atoms with Gasteiger partial charge in [-0.15, -0.1) is 0 Å². The first-order valence-corrected chi connectivity index (χ1v) is 22.0. The molecule has 0 atom stereocenters. The van der Waals surface area contributed by atoms with Crippen LogP contribution < -0.4 is 30.7 Å². The Hall–Kier alpha value is -4.32. The Morgan fingerprint density at radius 3 is 1.23 bits per heavy atom. The fourth-order valence-electron chi connectivity index (χ4n) is 7.29. The average Bonchev–Trinajstić information content (AvgIpc) is 3.15. The Bertz CT molecular complexity index is 1650. The minimum absolute atomic E-state index is 0.575. The standard InChI is InChI=1S/C51H76N4O2/c1-36(2)18-22-42-14-11-16-44(32-38(5)6)50(42)54-28-26-52-46-34-40(9)20-24-48(46)56-30-13-31-57-49-25-21-41(10)35-47(49)53-27-29-55-51-43(23-19-37(3)4)15-12-17-45(51)33-39(7)8/h11-12,14-17,20-21,24-25,34-39,52-55H,13,18-19,22-23,26-33H2,1-10H3. The summed E-state index contributed by atoms with van der Waals surface area (Å²) in [6, 6.07) is 26.4. The van der Waals surface area contributed by atoms with Gasteiger partial charge >= 0.3 is 0 Å². The van der Waals surface area contributed by atoms with Gasteiger partial charge in [-0.05, 0) is 134 Å². The van der Waals surface area contributed by atoms with E-state index in [2.05, 4.69) is 163 Å². The van der Waals surface area contributed by atoms with E-state index in [0.29, 0.717) is 36.9 Å². The van der Waals surface area contributed by atoms with Crippen LogP contribution in [0.25, 0.3) is 0 Å². The zero-order valence-corrected chi connectivity index (χ0v) is 37.2. The number of aryl methyl sites for hydroxylation is 4. The second kappa shape index (κ2) is 23.8. The summed E-state index contributed by atoms with van der Waals surface area (Å²) in [6.45, 7) is 27.1. The predicted molar refractivity (Wildman–Crippen MR) is 248 cm³/mol. The van der Waals surface area contributed by atoms with Crippen molar-refractivity contribution in [2.24, 2.45) is 23.7 Å². The number of hydrogen-bond acceptors (Lipinski definition) is 6. The zero-order valence-electron chi connectivity index (χ0n) is 37.2. The number of anilines is 4. The van der Waals surface area contributed by atoms with Crippen LogP contribution >= 0.6 is 0 Å². The van der Waals surface area contributed by atoms with Crippen molar-refractivity contribution in [1.29, 1.82) is 0 Å². The molecule has 0 radical (unpaired) electrons. The molecule has 4 aromatic rings. The van der Waals surface area contributed by atoms with E-state index in [-0.39, 0.29) is 0 Å². The van der Waals surface area contributed by atoms with Crippen LogP contribution in [0, 0.1) is 37.5 Å². The number of benzene rings is 4. The molecule has 0 aliphatic heterocycles. The van der Waals surface area contributed by atoms with E-state index in [9.17, 15) is 0 Å². The molecule has 4 rings (SSSR count). The van der Waals surface area contributed by atoms with E-state index < -0.39 is 0 Å². The Morgan fingerprint density at radius 2 is 0.842 bits per heavy atom. The maximum atomic E-state index is 6.34. The molecule has 0 aliphatic carbocycles. The van der Waals surface area contributed by atoms with E-state index in [1.54, 1.807) is 0 Å². The lowest BCUT2D eigenvalue weighted by molar-refractivity contribution is 0.248. The maximum Gasteiger partial charge on any atom is 0.142 e. The summed E-state index contributed by atoms with van der Waals surface area (Å²) in [6.07, 6.45) is 7.54. The van der Waals surface area contributed by atoms with Gasteiger partial charge in [0, 0.05) is 44.0 Å². The van der Waals surface area contributed by atoms with Crippen molar-refractivity contribution in [3.8, 4) is 11.5 Å². The average molecular weight is 777 g/mol. The molecule has 0 spiro atoms. The molecule has 0 heterocycles. The molecule has 0 aliphatic rings. The lowest BCUT2D eigenvalue weighted by Crippen LogP contribution is -2.17. The Morgan fingerprint density at radius 1 is 0.456 bits per heavy atom. The monoisotopic (exact) mass is 777 g/mol. The van der Waals surface area contributed by atoms with E-state index >= 15 is 0 Å². The Balaban J connectivity index is 1.27. The third-order valence-corrected chi connectivity index (χ3v) is 10.3. The normalized spacial score (nSPS) is 11.5. The first-order chi connectivity index (χ1) is 27.4. The smallest absolute Gasteiger partial charge is 0.142 e. The van der Waals surface area contributed by atoms with E-state index in [0.717, 1.165) is 81.2 Å². The van der Waals surface area contributed by atoms with E-state index in [4.69, 9.17) is 9.47 Å². The summed E-state index contributed by atoms with van der Waals surface area (Å²) in [5.74, 6) is 4.36. The topological polar surface area (TPSA) is 66.6 Å². The van der Waals surface area contributed by atoms with Crippen LogP contribution in [0.3, 0.4) is 0 Å². The Labute approximate surface area is 347 Å². The van der Waals surface area contributed by atoms with Crippen LogP contribution in [0.1, 0.15) is 108 Å². The van der Waals surface area contributed by atoms with Gasteiger partial charge < -0.3 is 30.7 Å². The van der Waals surface area contributed by atoms with Crippen LogP contribution in [0.15, 0.2) is 72.8 Å². The number of rotatable bonds is 26. The van der Waals surface area contributed by atoms with Gasteiger partial charge in [-0.3, -0.25) is 0 Å². The maximum absolute atomic E-state index is 6.34. The molecule has 0 fully saturated rings. The van der Waals surface area contributed by atoms with Crippen LogP contribution in [-0.4, -0.2) is 39.4 Å². The fourth-order valence-corrected chi connectivity index (χ4v) is 7.29. The van der Waals surface area contributed by atoms with Crippen LogP contribution in [0.5, 0.6) is 11.5 Å². The molecule has 57 heavy (non-hydrogen) atoms. The molecule has 0 saturated carbocycles. The highest BCUT2D eigenvalue weighted by molar-refractivity contribution is 5.61. The number of ether oxygens (including phenoxy) is 2. The minimum atomic E-state index is 0.575. The fraction of sp³-hybridized carbons (Fsp3) is 0.529. The summed E-state index contributed by atoms with van der Waals surface area (Å²) in [4.78, 5) is 0. The van der Waals surface area contributed by atoms with Gasteiger partial charge in [0.25, 0.3) is 0 Å². The van der Waals surface area contributed by atoms with Gasteiger partial charge in [0.15, 0.2) is 0 Å². The van der Waals surface area contributed by atoms with Crippen molar-refractivity contribution in [2.45, 2.75) is 114 Å². The predicted octanol–water partition coefficient (Wildman–Crippen LogP) is 12.8. The highest BCUT2D eigenvalue weighted by atomic mass is 16.5. The number of nitrogens with one attached hydrogen (secondary N) is 4. The van der Waals surface area contributed by atoms with Crippen molar-refractivity contribution < 1.29 is 9.47 Å². The molecule has 0 bridgehead atoms. The van der Waals surface area contributed by atoms with Gasteiger partial charge in [0.05, 0.1) is 24.6 Å². The molecule has 0 aromatic heterocycles. The second-order valence-corrected chi connectivity index (χ2v) is 17.7. The third kappa shape index (κ3) is 15.9. The van der Waals surface area contributed by atoms with Crippen molar-refractivity contribution in [2.75, 3.05) is 60.7 Å². The van der Waals surface area contributed by atoms with Crippen LogP contribution in [0.2, 0.25) is 0 Å². The van der Waals surface area contributed by atoms with Gasteiger partial charge in [0.2, 0.25) is 0 Å². The van der Waals surface area contributed by atoms with Crippen molar-refractivity contribution in [1.82, 2.24) is 0 Å². The number of para-hydroxylation sites is 2. The van der Waals surface area contributed by atoms with Crippen molar-refractivity contribution in [3.63, 3.8) is 0 Å². The van der Waals surface area contributed by atoms with Gasteiger partial charge in [-0.2, -0.15) is 0 Å². The molecule has 312 valence electrons. The van der Waals surface area contributed by atoms with E-state index in [1.807, 2.05) is 0 Å². The first-order valence-electron chi connectivity index (χ1n) is 22.0. The third-order valence-electron chi connectivity index (χ3n) is 10.3. The lowest BCUT2D eigenvalue weighted by atomic mass is 9.94. The number of hydrogen-bond donors (Lipinski definition) is 4. The lowest BCUT2D eigenvalue weighted by Gasteiger charge is -2.20. The van der Waals surface area contributed by atoms with Gasteiger partial charge in [-0.25, -0.2) is 0 Å². The zero-order chi connectivity index (χ0) is 41.2. The van der Waals surface area contributed by atoms with Crippen LogP contribution in [-0.2, 0) is 25.7 Å². The molecular weight excluding hydrogens is 701 g/mol. The first kappa shape index (κ1) is 45.4. The highest BCUT2D eigenvalue weighted by Crippen LogP contribution is 2.30. The molecular formula is C51H76N4O2. The summed E-state index contributed by atoms with van der Waals surface area (Å²) < 4.78 is 12.7. The summed E-state index contributed by atoms with van der Waals surface area (Å²) in [5, 5.41) is 14.9. The van der Waals surface area contributed by atoms with Crippen molar-refractivity contribution in [3.05, 3.63) is 106 Å². The quantitative estimate of drug-likeness (QED) is 0.0476. The Kier molecular flexibility index (Phi) is 18.9. The van der Waals surface area contributed by atoms with Gasteiger partial charge in [-0.1, -0.05) is 104 Å². The molecule has 0 saturated heterocycles. The molecule has 0 unspecified atom stereocenters. The minimum Gasteiger partial charge on any atom is -0.491 e. The molecule has 0 amide bonds. The second-order valence-electron chi connectivity index (χ2n) is 17.7. The molecule has 6 heteroatoms.